The molecule has 0 spiro atoms. The summed E-state index contributed by atoms with van der Waals surface area (Å²) >= 11 is 0. The number of nitrogens with zero attached hydrogens (tertiary/aromatic N) is 3. The lowest BCUT2D eigenvalue weighted by Crippen LogP contribution is -2.36. The second kappa shape index (κ2) is 6.57. The van der Waals surface area contributed by atoms with E-state index in [9.17, 15) is 0 Å². The number of aryl methyl sites for hydroxylation is 1. The number of rotatable bonds is 4. The summed E-state index contributed by atoms with van der Waals surface area (Å²) in [5, 5.41) is 0. The average Bonchev–Trinajstić information content (AvgIpc) is 2.54. The van der Waals surface area contributed by atoms with Crippen molar-refractivity contribution in [3.8, 4) is 0 Å². The molecule has 1 saturated heterocycles. The number of benzene rings is 1. The number of anilines is 2. The van der Waals surface area contributed by atoms with Crippen molar-refractivity contribution >= 4 is 11.8 Å². The molecule has 0 aliphatic carbocycles. The maximum absolute atomic E-state index is 5.69. The van der Waals surface area contributed by atoms with Gasteiger partial charge in [0.25, 0.3) is 0 Å². The molecule has 2 heterocycles. The molecule has 110 valence electrons. The molecule has 1 aliphatic heterocycles. The molecular formula is C17H22N4. The maximum atomic E-state index is 5.69. The van der Waals surface area contributed by atoms with Crippen LogP contribution in [0.3, 0.4) is 0 Å². The van der Waals surface area contributed by atoms with Crippen LogP contribution in [-0.4, -0.2) is 23.1 Å². The highest BCUT2D eigenvalue weighted by atomic mass is 15.2. The zero-order valence-corrected chi connectivity index (χ0v) is 12.3. The fraction of sp³-hybridized carbons (Fsp3) is 0.412. The van der Waals surface area contributed by atoms with E-state index >= 15 is 0 Å². The molecule has 2 aromatic rings. The van der Waals surface area contributed by atoms with Gasteiger partial charge in [0, 0.05) is 19.3 Å². The Balaban J connectivity index is 1.58. The summed E-state index contributed by atoms with van der Waals surface area (Å²) in [4.78, 5) is 10.7. The summed E-state index contributed by atoms with van der Waals surface area (Å²) in [6.07, 6.45) is 6.67. The van der Waals surface area contributed by atoms with Crippen molar-refractivity contribution in [2.75, 3.05) is 23.7 Å². The van der Waals surface area contributed by atoms with Gasteiger partial charge in [-0.3, -0.25) is 0 Å². The van der Waals surface area contributed by atoms with Crippen LogP contribution in [-0.2, 0) is 6.42 Å². The predicted octanol–water partition coefficient (Wildman–Crippen LogP) is 2.91. The molecule has 21 heavy (non-hydrogen) atoms. The van der Waals surface area contributed by atoms with Gasteiger partial charge in [0.2, 0.25) is 5.95 Å². The minimum atomic E-state index is 0.360. The normalized spacial score (nSPS) is 18.7. The van der Waals surface area contributed by atoms with Crippen molar-refractivity contribution in [3.05, 3.63) is 48.2 Å². The first-order chi connectivity index (χ1) is 10.3. The van der Waals surface area contributed by atoms with Crippen LogP contribution in [0.4, 0.5) is 11.8 Å². The van der Waals surface area contributed by atoms with E-state index in [2.05, 4.69) is 45.2 Å². The van der Waals surface area contributed by atoms with Crippen molar-refractivity contribution in [1.82, 2.24) is 9.97 Å². The number of hydrogen-bond acceptors (Lipinski definition) is 4. The highest BCUT2D eigenvalue weighted by molar-refractivity contribution is 5.41. The summed E-state index contributed by atoms with van der Waals surface area (Å²) in [6, 6.07) is 12.7. The second-order valence-corrected chi connectivity index (χ2v) is 5.75. The Morgan fingerprint density at radius 1 is 1.19 bits per heavy atom. The zero-order chi connectivity index (χ0) is 14.5. The molecule has 1 aromatic carbocycles. The van der Waals surface area contributed by atoms with Gasteiger partial charge >= 0.3 is 0 Å². The van der Waals surface area contributed by atoms with Crippen molar-refractivity contribution < 1.29 is 0 Å². The molecule has 0 amide bonds. The smallest absolute Gasteiger partial charge is 0.221 e. The molecule has 4 heteroatoms. The zero-order valence-electron chi connectivity index (χ0n) is 12.3. The standard InChI is InChI=1S/C17H22N4/c18-17-19-11-10-16(20-17)21-12-4-7-15(13-21)9-8-14-5-2-1-3-6-14/h1-3,5-6,10-11,15H,4,7-9,12-13H2,(H2,18,19,20)/t15-/m1/s1. The lowest BCUT2D eigenvalue weighted by molar-refractivity contribution is 0.390. The Morgan fingerprint density at radius 3 is 2.86 bits per heavy atom. The number of hydrogen-bond donors (Lipinski definition) is 1. The molecule has 0 saturated carbocycles. The minimum absolute atomic E-state index is 0.360. The SMILES string of the molecule is Nc1nccc(N2CCC[C@H](CCc3ccccc3)C2)n1. The summed E-state index contributed by atoms with van der Waals surface area (Å²) in [5.74, 6) is 2.06. The van der Waals surface area contributed by atoms with Crippen LogP contribution < -0.4 is 10.6 Å². The third-order valence-corrected chi connectivity index (χ3v) is 4.19. The Bertz CT molecular complexity index is 570. The van der Waals surface area contributed by atoms with E-state index in [-0.39, 0.29) is 0 Å². The summed E-state index contributed by atoms with van der Waals surface area (Å²) < 4.78 is 0. The third kappa shape index (κ3) is 3.72. The molecule has 3 rings (SSSR count). The van der Waals surface area contributed by atoms with Gasteiger partial charge in [-0.1, -0.05) is 30.3 Å². The molecule has 1 aliphatic rings. The fourth-order valence-electron chi connectivity index (χ4n) is 3.06. The summed E-state index contributed by atoms with van der Waals surface area (Å²) in [5.41, 5.74) is 7.12. The number of aromatic nitrogens is 2. The topological polar surface area (TPSA) is 55.0 Å². The van der Waals surface area contributed by atoms with E-state index in [1.165, 1.54) is 24.8 Å². The first-order valence-electron chi connectivity index (χ1n) is 7.68. The highest BCUT2D eigenvalue weighted by Gasteiger charge is 2.20. The van der Waals surface area contributed by atoms with Crippen LogP contribution in [0.2, 0.25) is 0 Å². The number of nitrogen functional groups attached to an aromatic ring is 1. The third-order valence-electron chi connectivity index (χ3n) is 4.19. The molecule has 1 fully saturated rings. The second-order valence-electron chi connectivity index (χ2n) is 5.75. The monoisotopic (exact) mass is 282 g/mol. The van der Waals surface area contributed by atoms with Crippen LogP contribution in [0.1, 0.15) is 24.8 Å². The lowest BCUT2D eigenvalue weighted by atomic mass is 9.91. The van der Waals surface area contributed by atoms with E-state index in [1.807, 2.05) is 6.07 Å². The molecule has 1 aromatic heterocycles. The van der Waals surface area contributed by atoms with Gasteiger partial charge in [0.1, 0.15) is 5.82 Å². The van der Waals surface area contributed by atoms with Gasteiger partial charge in [-0.25, -0.2) is 4.98 Å². The number of piperidine rings is 1. The number of nitrogens with two attached hydrogens (primary N) is 1. The van der Waals surface area contributed by atoms with Crippen LogP contribution in [0.5, 0.6) is 0 Å². The maximum Gasteiger partial charge on any atom is 0.221 e. The van der Waals surface area contributed by atoms with Gasteiger partial charge < -0.3 is 10.6 Å². The van der Waals surface area contributed by atoms with Gasteiger partial charge in [-0.2, -0.15) is 4.98 Å². The highest BCUT2D eigenvalue weighted by Crippen LogP contribution is 2.25. The molecule has 0 radical (unpaired) electrons. The van der Waals surface area contributed by atoms with Crippen molar-refractivity contribution in [1.29, 1.82) is 0 Å². The van der Waals surface area contributed by atoms with Crippen LogP contribution >= 0.6 is 0 Å². The summed E-state index contributed by atoms with van der Waals surface area (Å²) in [6.45, 7) is 2.14. The van der Waals surface area contributed by atoms with E-state index < -0.39 is 0 Å². The molecule has 4 nitrogen and oxygen atoms in total. The molecule has 1 atom stereocenters. The van der Waals surface area contributed by atoms with E-state index in [0.717, 1.165) is 31.2 Å². The average molecular weight is 282 g/mol. The minimum Gasteiger partial charge on any atom is -0.368 e. The predicted molar refractivity (Wildman–Crippen MR) is 86.1 cm³/mol. The molecular weight excluding hydrogens is 260 g/mol. The van der Waals surface area contributed by atoms with Gasteiger partial charge in [0.05, 0.1) is 0 Å². The first kappa shape index (κ1) is 13.9. The summed E-state index contributed by atoms with van der Waals surface area (Å²) in [7, 11) is 0. The van der Waals surface area contributed by atoms with E-state index in [1.54, 1.807) is 6.20 Å². The Kier molecular flexibility index (Phi) is 4.34. The lowest BCUT2D eigenvalue weighted by Gasteiger charge is -2.33. The Morgan fingerprint density at radius 2 is 2.05 bits per heavy atom. The largest absolute Gasteiger partial charge is 0.368 e. The van der Waals surface area contributed by atoms with E-state index in [0.29, 0.717) is 5.95 Å². The molecule has 2 N–H and O–H groups in total. The molecule has 0 unspecified atom stereocenters. The van der Waals surface area contributed by atoms with E-state index in [4.69, 9.17) is 5.73 Å². The van der Waals surface area contributed by atoms with Crippen molar-refractivity contribution in [3.63, 3.8) is 0 Å². The van der Waals surface area contributed by atoms with Crippen LogP contribution in [0, 0.1) is 5.92 Å². The molecule has 0 bridgehead atoms. The fourth-order valence-corrected chi connectivity index (χ4v) is 3.06. The Labute approximate surface area is 126 Å². The Hall–Kier alpha value is -2.10. The van der Waals surface area contributed by atoms with Crippen LogP contribution in [0.15, 0.2) is 42.6 Å². The quantitative estimate of drug-likeness (QED) is 0.937. The van der Waals surface area contributed by atoms with Gasteiger partial charge in [-0.05, 0) is 43.2 Å². The van der Waals surface area contributed by atoms with Crippen LogP contribution in [0.25, 0.3) is 0 Å². The van der Waals surface area contributed by atoms with Gasteiger partial charge in [0.15, 0.2) is 0 Å². The first-order valence-corrected chi connectivity index (χ1v) is 7.68. The van der Waals surface area contributed by atoms with Gasteiger partial charge in [-0.15, -0.1) is 0 Å². The van der Waals surface area contributed by atoms with Crippen molar-refractivity contribution in [2.24, 2.45) is 5.92 Å². The van der Waals surface area contributed by atoms with Crippen molar-refractivity contribution in [2.45, 2.75) is 25.7 Å².